The minimum absolute atomic E-state index is 0.0545. The lowest BCUT2D eigenvalue weighted by Gasteiger charge is -2.23. The molecule has 1 unspecified atom stereocenters. The summed E-state index contributed by atoms with van der Waals surface area (Å²) >= 11 is 0. The molecule has 23 heavy (non-hydrogen) atoms. The number of hydrogen-bond acceptors (Lipinski definition) is 4. The Balaban J connectivity index is 1.94. The van der Waals surface area contributed by atoms with Gasteiger partial charge in [0.05, 0.1) is 12.8 Å². The Bertz CT molecular complexity index is 619. The topological polar surface area (TPSA) is 61.9 Å². The number of nitrogens with zero attached hydrogens (tertiary/aromatic N) is 2. The molecular weight excluding hydrogens is 314 g/mol. The predicted molar refractivity (Wildman–Crippen MR) is 93.1 cm³/mol. The first-order valence-electron chi connectivity index (χ1n) is 7.95. The van der Waals surface area contributed by atoms with Gasteiger partial charge in [0, 0.05) is 32.7 Å². The van der Waals surface area contributed by atoms with Gasteiger partial charge in [-0.05, 0) is 38.3 Å². The van der Waals surface area contributed by atoms with E-state index in [0.717, 1.165) is 30.9 Å². The lowest BCUT2D eigenvalue weighted by atomic mass is 10.1. The summed E-state index contributed by atoms with van der Waals surface area (Å²) in [7, 11) is -0.133. The Labute approximate surface area is 139 Å². The van der Waals surface area contributed by atoms with Crippen LogP contribution in [0.4, 0.5) is 5.69 Å². The van der Waals surface area contributed by atoms with Crippen molar-refractivity contribution in [1.82, 2.24) is 9.03 Å². The van der Waals surface area contributed by atoms with Crippen molar-refractivity contribution in [3.05, 3.63) is 24.3 Å². The van der Waals surface area contributed by atoms with Crippen molar-refractivity contribution >= 4 is 15.9 Å². The quantitative estimate of drug-likeness (QED) is 0.820. The molecule has 0 saturated carbocycles. The average Bonchev–Trinajstić information content (AvgIpc) is 3.01. The summed E-state index contributed by atoms with van der Waals surface area (Å²) in [6.07, 6.45) is 0.964. The molecule has 0 spiro atoms. The van der Waals surface area contributed by atoms with Gasteiger partial charge in [-0.2, -0.15) is 12.7 Å². The molecular formula is C16H27N3O3S. The maximum atomic E-state index is 12.2. The van der Waals surface area contributed by atoms with Crippen molar-refractivity contribution in [2.24, 2.45) is 5.92 Å². The molecule has 0 amide bonds. The van der Waals surface area contributed by atoms with Gasteiger partial charge >= 0.3 is 0 Å². The van der Waals surface area contributed by atoms with Crippen LogP contribution < -0.4 is 14.4 Å². The van der Waals surface area contributed by atoms with Gasteiger partial charge in [0.1, 0.15) is 5.75 Å². The Hall–Kier alpha value is -1.31. The summed E-state index contributed by atoms with van der Waals surface area (Å²) in [6, 6.07) is 7.87. The van der Waals surface area contributed by atoms with Crippen LogP contribution in [0.5, 0.6) is 5.75 Å². The smallest absolute Gasteiger partial charge is 0.279 e. The molecule has 1 aromatic rings. The third-order valence-electron chi connectivity index (χ3n) is 4.37. The lowest BCUT2D eigenvalue weighted by molar-refractivity contribution is 0.398. The predicted octanol–water partition coefficient (Wildman–Crippen LogP) is 1.70. The molecule has 0 bridgehead atoms. The fourth-order valence-corrected chi connectivity index (χ4v) is 3.92. The summed E-state index contributed by atoms with van der Waals surface area (Å²) in [5.41, 5.74) is 1.07. The van der Waals surface area contributed by atoms with E-state index >= 15 is 0 Å². The van der Waals surface area contributed by atoms with Crippen LogP contribution in [0.1, 0.15) is 20.3 Å². The molecule has 0 aliphatic carbocycles. The van der Waals surface area contributed by atoms with Crippen molar-refractivity contribution in [2.75, 3.05) is 38.7 Å². The van der Waals surface area contributed by atoms with Gasteiger partial charge < -0.3 is 9.64 Å². The number of benzene rings is 1. The number of ether oxygens (including phenoxy) is 1. The molecule has 1 aliphatic rings. The van der Waals surface area contributed by atoms with Gasteiger partial charge in [0.25, 0.3) is 10.2 Å². The van der Waals surface area contributed by atoms with Crippen LogP contribution in [0.25, 0.3) is 0 Å². The molecule has 1 saturated heterocycles. The second kappa shape index (κ2) is 7.51. The first kappa shape index (κ1) is 18.0. The van der Waals surface area contributed by atoms with Gasteiger partial charge in [-0.25, -0.2) is 4.72 Å². The number of rotatable bonds is 7. The fraction of sp³-hybridized carbons (Fsp3) is 0.625. The van der Waals surface area contributed by atoms with E-state index in [1.807, 2.05) is 38.1 Å². The summed E-state index contributed by atoms with van der Waals surface area (Å²) in [5, 5.41) is 0. The van der Waals surface area contributed by atoms with Crippen LogP contribution >= 0.6 is 0 Å². The Morgan fingerprint density at radius 3 is 2.74 bits per heavy atom. The zero-order valence-corrected chi connectivity index (χ0v) is 15.1. The summed E-state index contributed by atoms with van der Waals surface area (Å²) in [4.78, 5) is 2.25. The molecule has 0 radical (unpaired) electrons. The second-order valence-corrected chi connectivity index (χ2v) is 8.05. The minimum Gasteiger partial charge on any atom is -0.495 e. The normalized spacial score (nSPS) is 18.9. The van der Waals surface area contributed by atoms with Crippen LogP contribution in [0, 0.1) is 5.92 Å². The van der Waals surface area contributed by atoms with Gasteiger partial charge in [0.15, 0.2) is 0 Å². The van der Waals surface area contributed by atoms with Crippen molar-refractivity contribution in [3.63, 3.8) is 0 Å². The Morgan fingerprint density at radius 1 is 1.39 bits per heavy atom. The van der Waals surface area contributed by atoms with E-state index < -0.39 is 10.2 Å². The van der Waals surface area contributed by atoms with Gasteiger partial charge in [-0.15, -0.1) is 0 Å². The van der Waals surface area contributed by atoms with E-state index in [0.29, 0.717) is 12.5 Å². The van der Waals surface area contributed by atoms with E-state index in [-0.39, 0.29) is 6.04 Å². The SMILES string of the molecule is COc1ccccc1N1CCC(CNS(=O)(=O)N(C)C(C)C)C1. The van der Waals surface area contributed by atoms with Crippen molar-refractivity contribution in [1.29, 1.82) is 0 Å². The van der Waals surface area contributed by atoms with Crippen LogP contribution in [0.2, 0.25) is 0 Å². The highest BCUT2D eigenvalue weighted by Gasteiger charge is 2.27. The van der Waals surface area contributed by atoms with E-state index in [2.05, 4.69) is 9.62 Å². The number of para-hydroxylation sites is 2. The minimum atomic E-state index is -3.40. The first-order valence-corrected chi connectivity index (χ1v) is 9.39. The second-order valence-electron chi connectivity index (χ2n) is 6.24. The molecule has 2 rings (SSSR count). The van der Waals surface area contributed by atoms with Crippen molar-refractivity contribution in [3.8, 4) is 5.75 Å². The van der Waals surface area contributed by atoms with E-state index in [1.54, 1.807) is 14.2 Å². The van der Waals surface area contributed by atoms with Crippen molar-refractivity contribution in [2.45, 2.75) is 26.3 Å². The molecule has 7 heteroatoms. The van der Waals surface area contributed by atoms with Crippen LogP contribution in [-0.4, -0.2) is 52.6 Å². The molecule has 130 valence electrons. The third-order valence-corrected chi connectivity index (χ3v) is 6.08. The lowest BCUT2D eigenvalue weighted by Crippen LogP contribution is -2.43. The van der Waals surface area contributed by atoms with E-state index in [9.17, 15) is 8.42 Å². The standard InChI is InChI=1S/C16H27N3O3S/c1-13(2)18(3)23(20,21)17-11-14-9-10-19(12-14)15-7-5-6-8-16(15)22-4/h5-8,13-14,17H,9-12H2,1-4H3. The molecule has 1 atom stereocenters. The highest BCUT2D eigenvalue weighted by molar-refractivity contribution is 7.87. The van der Waals surface area contributed by atoms with Crippen molar-refractivity contribution < 1.29 is 13.2 Å². The number of methoxy groups -OCH3 is 1. The maximum Gasteiger partial charge on any atom is 0.279 e. The van der Waals surface area contributed by atoms with Crippen LogP contribution in [0.15, 0.2) is 24.3 Å². The maximum absolute atomic E-state index is 12.2. The van der Waals surface area contributed by atoms with Gasteiger partial charge in [-0.3, -0.25) is 0 Å². The summed E-state index contributed by atoms with van der Waals surface area (Å²) in [5.74, 6) is 1.16. The van der Waals surface area contributed by atoms with E-state index in [1.165, 1.54) is 4.31 Å². The summed E-state index contributed by atoms with van der Waals surface area (Å²) in [6.45, 7) is 5.92. The van der Waals surface area contributed by atoms with Crippen LogP contribution in [-0.2, 0) is 10.2 Å². The van der Waals surface area contributed by atoms with Crippen LogP contribution in [0.3, 0.4) is 0 Å². The Kier molecular flexibility index (Phi) is 5.89. The molecule has 1 aromatic carbocycles. The number of hydrogen-bond donors (Lipinski definition) is 1. The largest absolute Gasteiger partial charge is 0.495 e. The zero-order chi connectivity index (χ0) is 17.0. The highest BCUT2D eigenvalue weighted by Crippen LogP contribution is 2.31. The number of nitrogens with one attached hydrogen (secondary N) is 1. The highest BCUT2D eigenvalue weighted by atomic mass is 32.2. The van der Waals surface area contributed by atoms with Gasteiger partial charge in [0.2, 0.25) is 0 Å². The van der Waals surface area contributed by atoms with Gasteiger partial charge in [-0.1, -0.05) is 12.1 Å². The number of anilines is 1. The Morgan fingerprint density at radius 2 is 2.09 bits per heavy atom. The molecule has 0 aromatic heterocycles. The van der Waals surface area contributed by atoms with E-state index in [4.69, 9.17) is 4.74 Å². The molecule has 1 fully saturated rings. The summed E-state index contributed by atoms with van der Waals surface area (Å²) < 4.78 is 33.8. The molecule has 6 nitrogen and oxygen atoms in total. The molecule has 1 N–H and O–H groups in total. The molecule has 1 heterocycles. The third kappa shape index (κ3) is 4.37. The first-order chi connectivity index (χ1) is 10.8. The zero-order valence-electron chi connectivity index (χ0n) is 14.3. The monoisotopic (exact) mass is 341 g/mol. The molecule has 1 aliphatic heterocycles. The fourth-order valence-electron chi connectivity index (χ4n) is 2.71. The average molecular weight is 341 g/mol.